The van der Waals surface area contributed by atoms with E-state index >= 15 is 0 Å². The average molecular weight is 497 g/mol. The Morgan fingerprint density at radius 1 is 0.676 bits per heavy atom. The molecule has 1 N–H and O–H groups in total. The fraction of sp³-hybridized carbons (Fsp3) is 0.0400. The molecule has 4 aromatic rings. The van der Waals surface area contributed by atoms with Crippen molar-refractivity contribution in [2.75, 3.05) is 0 Å². The van der Waals surface area contributed by atoms with E-state index in [0.717, 1.165) is 12.1 Å². The van der Waals surface area contributed by atoms with Crippen molar-refractivity contribution in [2.24, 2.45) is 0 Å². The molecule has 0 spiro atoms. The van der Waals surface area contributed by atoms with Crippen LogP contribution in [0.5, 0.6) is 11.5 Å². The van der Waals surface area contributed by atoms with Crippen LogP contribution in [0.15, 0.2) is 120 Å². The monoisotopic (exact) mass is 497 g/mol. The zero-order valence-electron chi connectivity index (χ0n) is 17.8. The minimum Gasteiger partial charge on any atom is -0.415 e. The van der Waals surface area contributed by atoms with Crippen molar-refractivity contribution in [1.82, 2.24) is 4.72 Å². The van der Waals surface area contributed by atoms with Gasteiger partial charge in [-0.15, -0.1) is 0 Å². The molecule has 0 aliphatic rings. The second-order valence-electron chi connectivity index (χ2n) is 7.24. The summed E-state index contributed by atoms with van der Waals surface area (Å²) in [6.07, 6.45) is 0. The van der Waals surface area contributed by atoms with E-state index in [1.807, 2.05) is 0 Å². The molecule has 0 bridgehead atoms. The van der Waals surface area contributed by atoms with Crippen LogP contribution in [0.1, 0.15) is 11.3 Å². The molecule has 0 aliphatic carbocycles. The Kier molecular flexibility index (Phi) is 7.12. The second kappa shape index (κ2) is 10.2. The molecular formula is C25H21FNO5PS. The van der Waals surface area contributed by atoms with Crippen molar-refractivity contribution in [1.29, 1.82) is 0 Å². The molecule has 4 aromatic carbocycles. The normalized spacial score (nSPS) is 12.6. The van der Waals surface area contributed by atoms with Crippen LogP contribution >= 0.6 is 7.60 Å². The molecule has 6 nitrogen and oxygen atoms in total. The molecule has 0 aromatic heterocycles. The SMILES string of the molecule is O=P(Oc1ccccc1)(Oc1ccccc1)[C@@H](NS(=O)(=O)c1ccccc1)c1ccc(F)cc1. The summed E-state index contributed by atoms with van der Waals surface area (Å²) in [4.78, 5) is -0.0342. The number of rotatable bonds is 9. The number of hydrogen-bond acceptors (Lipinski definition) is 5. The Morgan fingerprint density at radius 3 is 1.59 bits per heavy atom. The molecule has 34 heavy (non-hydrogen) atoms. The number of halogens is 1. The summed E-state index contributed by atoms with van der Waals surface area (Å²) in [5, 5.41) is 0. The molecule has 4 rings (SSSR count). The second-order valence-corrected chi connectivity index (χ2v) is 10.9. The van der Waals surface area contributed by atoms with Crippen LogP contribution in [-0.2, 0) is 14.6 Å². The van der Waals surface area contributed by atoms with Gasteiger partial charge in [-0.1, -0.05) is 66.7 Å². The molecule has 0 amide bonds. The number of para-hydroxylation sites is 2. The van der Waals surface area contributed by atoms with Gasteiger partial charge in [-0.25, -0.2) is 17.4 Å². The van der Waals surface area contributed by atoms with Crippen LogP contribution in [0.3, 0.4) is 0 Å². The zero-order valence-corrected chi connectivity index (χ0v) is 19.5. The summed E-state index contributed by atoms with van der Waals surface area (Å²) in [5.41, 5.74) is 0.205. The Labute approximate surface area is 197 Å². The van der Waals surface area contributed by atoms with Crippen molar-refractivity contribution in [3.05, 3.63) is 127 Å². The van der Waals surface area contributed by atoms with Gasteiger partial charge in [-0.2, -0.15) is 4.72 Å². The highest BCUT2D eigenvalue weighted by Gasteiger charge is 2.43. The van der Waals surface area contributed by atoms with Crippen molar-refractivity contribution >= 4 is 17.6 Å². The van der Waals surface area contributed by atoms with Gasteiger partial charge in [0.2, 0.25) is 10.0 Å². The predicted octanol–water partition coefficient (Wildman–Crippen LogP) is 6.15. The first-order chi connectivity index (χ1) is 16.4. The highest BCUT2D eigenvalue weighted by atomic mass is 32.2. The van der Waals surface area contributed by atoms with E-state index < -0.39 is 29.2 Å². The maximum atomic E-state index is 14.4. The first kappa shape index (κ1) is 23.7. The van der Waals surface area contributed by atoms with Gasteiger partial charge in [0.15, 0.2) is 5.78 Å². The summed E-state index contributed by atoms with van der Waals surface area (Å²) in [5.74, 6) is -1.59. The van der Waals surface area contributed by atoms with Crippen LogP contribution in [0, 0.1) is 5.82 Å². The van der Waals surface area contributed by atoms with Crippen LogP contribution in [0.4, 0.5) is 4.39 Å². The molecule has 174 valence electrons. The fourth-order valence-corrected chi connectivity index (χ4v) is 6.79. The zero-order chi connectivity index (χ0) is 24.0. The summed E-state index contributed by atoms with van der Waals surface area (Å²) in [6, 6.07) is 29.2. The maximum Gasteiger partial charge on any atom is 0.453 e. The smallest absolute Gasteiger partial charge is 0.415 e. The lowest BCUT2D eigenvalue weighted by atomic mass is 10.2. The number of hydrogen-bond donors (Lipinski definition) is 1. The minimum absolute atomic E-state index is 0.0342. The fourth-order valence-electron chi connectivity index (χ4n) is 3.16. The highest BCUT2D eigenvalue weighted by molar-refractivity contribution is 7.89. The van der Waals surface area contributed by atoms with Gasteiger partial charge in [0.1, 0.15) is 17.3 Å². The van der Waals surface area contributed by atoms with E-state index in [1.165, 1.54) is 24.3 Å². The van der Waals surface area contributed by atoms with Crippen molar-refractivity contribution in [3.63, 3.8) is 0 Å². The van der Waals surface area contributed by atoms with Crippen LogP contribution in [-0.4, -0.2) is 8.42 Å². The average Bonchev–Trinajstić information content (AvgIpc) is 2.85. The van der Waals surface area contributed by atoms with E-state index in [-0.39, 0.29) is 22.0 Å². The summed E-state index contributed by atoms with van der Waals surface area (Å²) >= 11 is 0. The van der Waals surface area contributed by atoms with Gasteiger partial charge in [-0.3, -0.25) is 0 Å². The topological polar surface area (TPSA) is 81.7 Å². The lowest BCUT2D eigenvalue weighted by Crippen LogP contribution is -2.31. The molecule has 0 radical (unpaired) electrons. The quantitative estimate of drug-likeness (QED) is 0.280. The third kappa shape index (κ3) is 5.72. The van der Waals surface area contributed by atoms with E-state index in [9.17, 15) is 17.4 Å². The predicted molar refractivity (Wildman–Crippen MR) is 128 cm³/mol. The lowest BCUT2D eigenvalue weighted by molar-refractivity contribution is 0.368. The van der Waals surface area contributed by atoms with E-state index in [2.05, 4.69) is 4.72 Å². The molecular weight excluding hydrogens is 476 g/mol. The summed E-state index contributed by atoms with van der Waals surface area (Å²) in [7, 11) is -8.50. The summed E-state index contributed by atoms with van der Waals surface area (Å²) < 4.78 is 68.6. The first-order valence-corrected chi connectivity index (χ1v) is 13.4. The van der Waals surface area contributed by atoms with E-state index in [0.29, 0.717) is 0 Å². The van der Waals surface area contributed by atoms with Gasteiger partial charge >= 0.3 is 7.60 Å². The van der Waals surface area contributed by atoms with Gasteiger partial charge in [-0.05, 0) is 54.1 Å². The molecule has 0 fully saturated rings. The van der Waals surface area contributed by atoms with Gasteiger partial charge in [0.25, 0.3) is 0 Å². The van der Waals surface area contributed by atoms with Gasteiger partial charge in [0.05, 0.1) is 4.90 Å². The van der Waals surface area contributed by atoms with Crippen LogP contribution < -0.4 is 13.8 Å². The molecule has 0 unspecified atom stereocenters. The van der Waals surface area contributed by atoms with Crippen LogP contribution in [0.2, 0.25) is 0 Å². The number of benzene rings is 4. The number of nitrogens with one attached hydrogen (secondary N) is 1. The lowest BCUT2D eigenvalue weighted by Gasteiger charge is -2.28. The third-order valence-electron chi connectivity index (χ3n) is 4.77. The number of sulfonamides is 1. The third-order valence-corrected chi connectivity index (χ3v) is 8.38. The van der Waals surface area contributed by atoms with E-state index in [1.54, 1.807) is 78.9 Å². The summed E-state index contributed by atoms with van der Waals surface area (Å²) in [6.45, 7) is 0. The standard InChI is InChI=1S/C25H21FNO5PS/c26-21-18-16-20(17-19-21)25(27-34(29,30)24-14-8-3-9-15-24)33(28,31-22-10-4-1-5-11-22)32-23-12-6-2-7-13-23/h1-19,25,27H/t25-/m1/s1. The Morgan fingerprint density at radius 2 is 1.12 bits per heavy atom. The Bertz CT molecular complexity index is 1320. The minimum atomic E-state index is -4.34. The first-order valence-electron chi connectivity index (χ1n) is 10.3. The van der Waals surface area contributed by atoms with Crippen molar-refractivity contribution < 1.29 is 26.4 Å². The van der Waals surface area contributed by atoms with Gasteiger partial charge in [0, 0.05) is 0 Å². The highest BCUT2D eigenvalue weighted by Crippen LogP contribution is 2.59. The molecule has 1 atom stereocenters. The maximum absolute atomic E-state index is 14.4. The molecule has 0 saturated heterocycles. The van der Waals surface area contributed by atoms with Crippen LogP contribution in [0.25, 0.3) is 0 Å². The molecule has 0 aliphatic heterocycles. The Hall–Kier alpha value is -3.45. The van der Waals surface area contributed by atoms with Crippen molar-refractivity contribution in [3.8, 4) is 11.5 Å². The van der Waals surface area contributed by atoms with Crippen molar-refractivity contribution in [2.45, 2.75) is 10.7 Å². The molecule has 0 saturated carbocycles. The van der Waals surface area contributed by atoms with Gasteiger partial charge < -0.3 is 9.05 Å². The largest absolute Gasteiger partial charge is 0.453 e. The van der Waals surface area contributed by atoms with E-state index in [4.69, 9.17) is 9.05 Å². The molecule has 0 heterocycles. The Balaban J connectivity index is 1.83. The molecule has 9 heteroatoms.